The summed E-state index contributed by atoms with van der Waals surface area (Å²) in [5.74, 6) is 3.16. The number of amides is 1. The SMILES string of the molecule is C[C@H]1CC(C(=O)N2CC[C@H](N(C)Cc3nccc(N)n3)C2)C[C@H](C)C1. The molecule has 1 amide bonds. The highest BCUT2D eigenvalue weighted by Gasteiger charge is 2.35. The number of likely N-dealkylation sites (N-methyl/N-ethyl adjacent to an activating group) is 1. The van der Waals surface area contributed by atoms with Crippen LogP contribution in [0.25, 0.3) is 0 Å². The van der Waals surface area contributed by atoms with Crippen LogP contribution in [0, 0.1) is 17.8 Å². The normalized spacial score (nSPS) is 30.0. The van der Waals surface area contributed by atoms with Crippen molar-refractivity contribution in [2.24, 2.45) is 17.8 Å². The smallest absolute Gasteiger partial charge is 0.225 e. The van der Waals surface area contributed by atoms with Gasteiger partial charge in [0.2, 0.25) is 5.91 Å². The van der Waals surface area contributed by atoms with Gasteiger partial charge in [0, 0.05) is 31.2 Å². The van der Waals surface area contributed by atoms with Gasteiger partial charge in [0.25, 0.3) is 0 Å². The largest absolute Gasteiger partial charge is 0.384 e. The summed E-state index contributed by atoms with van der Waals surface area (Å²) >= 11 is 0. The number of hydrogen-bond acceptors (Lipinski definition) is 5. The number of hydrogen-bond donors (Lipinski definition) is 1. The molecule has 0 bridgehead atoms. The standard InChI is InChI=1S/C19H31N5O/c1-13-8-14(2)10-15(9-13)19(25)24-7-5-16(11-24)23(3)12-18-21-6-4-17(20)22-18/h4,6,13-16H,5,7-12H2,1-3H3,(H2,20,21,22)/t13-,14-,16+/m1/s1. The fourth-order valence-electron chi connectivity index (χ4n) is 4.55. The van der Waals surface area contributed by atoms with E-state index in [0.29, 0.717) is 36.1 Å². The third-order valence-corrected chi connectivity index (χ3v) is 5.74. The van der Waals surface area contributed by atoms with E-state index in [4.69, 9.17) is 5.73 Å². The molecule has 1 aliphatic carbocycles. The topological polar surface area (TPSA) is 75.4 Å². The number of aromatic nitrogens is 2. The van der Waals surface area contributed by atoms with E-state index in [9.17, 15) is 4.79 Å². The molecule has 0 unspecified atom stereocenters. The molecule has 25 heavy (non-hydrogen) atoms. The first-order chi connectivity index (χ1) is 11.9. The summed E-state index contributed by atoms with van der Waals surface area (Å²) in [4.78, 5) is 25.8. The monoisotopic (exact) mass is 345 g/mol. The van der Waals surface area contributed by atoms with E-state index in [-0.39, 0.29) is 5.92 Å². The van der Waals surface area contributed by atoms with Crippen molar-refractivity contribution in [1.82, 2.24) is 19.8 Å². The number of rotatable bonds is 4. The third-order valence-electron chi connectivity index (χ3n) is 5.74. The van der Waals surface area contributed by atoms with Crippen LogP contribution >= 0.6 is 0 Å². The van der Waals surface area contributed by atoms with Gasteiger partial charge in [-0.25, -0.2) is 9.97 Å². The second-order valence-electron chi connectivity index (χ2n) is 8.15. The molecule has 2 aliphatic rings. The maximum absolute atomic E-state index is 12.9. The number of likely N-dealkylation sites (tertiary alicyclic amines) is 1. The highest BCUT2D eigenvalue weighted by atomic mass is 16.2. The minimum Gasteiger partial charge on any atom is -0.384 e. The van der Waals surface area contributed by atoms with Crippen LogP contribution in [0.5, 0.6) is 0 Å². The van der Waals surface area contributed by atoms with Gasteiger partial charge in [0.05, 0.1) is 6.54 Å². The Morgan fingerprint density at radius 2 is 2.04 bits per heavy atom. The first-order valence-corrected chi connectivity index (χ1v) is 9.48. The molecule has 0 aromatic carbocycles. The first kappa shape index (κ1) is 18.1. The lowest BCUT2D eigenvalue weighted by molar-refractivity contribution is -0.136. The van der Waals surface area contributed by atoms with Crippen molar-refractivity contribution in [3.05, 3.63) is 18.1 Å². The van der Waals surface area contributed by atoms with Gasteiger partial charge in [-0.1, -0.05) is 13.8 Å². The van der Waals surface area contributed by atoms with E-state index in [1.807, 2.05) is 0 Å². The second kappa shape index (κ2) is 7.68. The van der Waals surface area contributed by atoms with Gasteiger partial charge in [-0.3, -0.25) is 9.69 Å². The van der Waals surface area contributed by atoms with Gasteiger partial charge in [-0.05, 0) is 50.6 Å². The first-order valence-electron chi connectivity index (χ1n) is 9.48. The van der Waals surface area contributed by atoms with Crippen LogP contribution in [0.4, 0.5) is 5.82 Å². The van der Waals surface area contributed by atoms with Crippen molar-refractivity contribution in [2.75, 3.05) is 25.9 Å². The molecule has 3 atom stereocenters. The van der Waals surface area contributed by atoms with Crippen LogP contribution in [0.15, 0.2) is 12.3 Å². The summed E-state index contributed by atoms with van der Waals surface area (Å²) in [5, 5.41) is 0. The number of nitrogens with two attached hydrogens (primary N) is 1. The van der Waals surface area contributed by atoms with Crippen LogP contribution in [0.1, 0.15) is 45.4 Å². The van der Waals surface area contributed by atoms with Crippen LogP contribution in [-0.2, 0) is 11.3 Å². The molecular weight excluding hydrogens is 314 g/mol. The molecule has 2 N–H and O–H groups in total. The lowest BCUT2D eigenvalue weighted by Crippen LogP contribution is -2.40. The van der Waals surface area contributed by atoms with Gasteiger partial charge in [0.15, 0.2) is 0 Å². The lowest BCUT2D eigenvalue weighted by Gasteiger charge is -2.33. The van der Waals surface area contributed by atoms with Gasteiger partial charge in [-0.15, -0.1) is 0 Å². The van der Waals surface area contributed by atoms with E-state index in [1.54, 1.807) is 12.3 Å². The number of nitrogens with zero attached hydrogens (tertiary/aromatic N) is 4. The number of anilines is 1. The maximum Gasteiger partial charge on any atom is 0.225 e. The van der Waals surface area contributed by atoms with E-state index < -0.39 is 0 Å². The molecule has 0 spiro atoms. The Hall–Kier alpha value is -1.69. The third kappa shape index (κ3) is 4.48. The molecular formula is C19H31N5O. The average molecular weight is 345 g/mol. The molecule has 2 fully saturated rings. The van der Waals surface area contributed by atoms with Gasteiger partial charge < -0.3 is 10.6 Å². The molecule has 138 valence electrons. The Morgan fingerprint density at radius 1 is 1.32 bits per heavy atom. The average Bonchev–Trinajstić information content (AvgIpc) is 3.03. The summed E-state index contributed by atoms with van der Waals surface area (Å²) in [6.45, 7) is 6.90. The molecule has 1 saturated carbocycles. The van der Waals surface area contributed by atoms with Gasteiger partial charge in [-0.2, -0.15) is 0 Å². The van der Waals surface area contributed by atoms with Crippen molar-refractivity contribution >= 4 is 11.7 Å². The zero-order valence-electron chi connectivity index (χ0n) is 15.7. The highest BCUT2D eigenvalue weighted by molar-refractivity contribution is 5.79. The number of nitrogen functional groups attached to an aromatic ring is 1. The molecule has 1 aliphatic heterocycles. The van der Waals surface area contributed by atoms with Crippen molar-refractivity contribution in [1.29, 1.82) is 0 Å². The van der Waals surface area contributed by atoms with Crippen molar-refractivity contribution in [3.63, 3.8) is 0 Å². The maximum atomic E-state index is 12.9. The summed E-state index contributed by atoms with van der Waals surface area (Å²) in [5.41, 5.74) is 5.73. The van der Waals surface area contributed by atoms with Crippen LogP contribution < -0.4 is 5.73 Å². The zero-order chi connectivity index (χ0) is 18.0. The predicted octanol–water partition coefficient (Wildman–Crippen LogP) is 2.16. The Labute approximate surface area is 150 Å². The number of carbonyl (C=O) groups excluding carboxylic acids is 1. The summed E-state index contributed by atoms with van der Waals surface area (Å²) in [7, 11) is 2.08. The fourth-order valence-corrected chi connectivity index (χ4v) is 4.55. The Kier molecular flexibility index (Phi) is 5.57. The quantitative estimate of drug-likeness (QED) is 0.905. The fraction of sp³-hybridized carbons (Fsp3) is 0.737. The predicted molar refractivity (Wildman–Crippen MR) is 98.6 cm³/mol. The molecule has 6 heteroatoms. The van der Waals surface area contributed by atoms with Crippen LogP contribution in [0.2, 0.25) is 0 Å². The van der Waals surface area contributed by atoms with Crippen molar-refractivity contribution < 1.29 is 4.79 Å². The summed E-state index contributed by atoms with van der Waals surface area (Å²) in [6.07, 6.45) is 6.08. The summed E-state index contributed by atoms with van der Waals surface area (Å²) in [6, 6.07) is 2.07. The Balaban J connectivity index is 1.54. The van der Waals surface area contributed by atoms with Crippen molar-refractivity contribution in [3.8, 4) is 0 Å². The zero-order valence-corrected chi connectivity index (χ0v) is 15.7. The van der Waals surface area contributed by atoms with E-state index >= 15 is 0 Å². The lowest BCUT2D eigenvalue weighted by atomic mass is 9.76. The summed E-state index contributed by atoms with van der Waals surface area (Å²) < 4.78 is 0. The van der Waals surface area contributed by atoms with Crippen LogP contribution in [-0.4, -0.2) is 51.9 Å². The molecule has 3 rings (SSSR count). The Morgan fingerprint density at radius 3 is 2.72 bits per heavy atom. The van der Waals surface area contributed by atoms with Gasteiger partial charge in [0.1, 0.15) is 11.6 Å². The molecule has 2 heterocycles. The molecule has 6 nitrogen and oxygen atoms in total. The minimum atomic E-state index is 0.222. The van der Waals surface area contributed by atoms with Crippen LogP contribution in [0.3, 0.4) is 0 Å². The molecule has 0 radical (unpaired) electrons. The van der Waals surface area contributed by atoms with E-state index in [0.717, 1.165) is 38.2 Å². The van der Waals surface area contributed by atoms with E-state index in [1.165, 1.54) is 6.42 Å². The highest BCUT2D eigenvalue weighted by Crippen LogP contribution is 2.34. The van der Waals surface area contributed by atoms with E-state index in [2.05, 4.69) is 40.7 Å². The molecule has 1 aromatic heterocycles. The molecule has 1 aromatic rings. The van der Waals surface area contributed by atoms with Gasteiger partial charge >= 0.3 is 0 Å². The van der Waals surface area contributed by atoms with Crippen molar-refractivity contribution in [2.45, 2.75) is 52.1 Å². The molecule has 1 saturated heterocycles. The Bertz CT molecular complexity index is 597. The number of carbonyl (C=O) groups is 1. The second-order valence-corrected chi connectivity index (χ2v) is 8.15. The minimum absolute atomic E-state index is 0.222.